The van der Waals surface area contributed by atoms with Crippen molar-refractivity contribution in [2.24, 2.45) is 0 Å². The van der Waals surface area contributed by atoms with Crippen molar-refractivity contribution in [2.75, 3.05) is 25.4 Å². The second kappa shape index (κ2) is 9.05. The van der Waals surface area contributed by atoms with E-state index < -0.39 is 16.8 Å². The molecule has 31 heavy (non-hydrogen) atoms. The number of amides is 1. The molecular formula is C22H20N2O6S. The molecule has 2 aromatic carbocycles. The lowest BCUT2D eigenvalue weighted by atomic mass is 10.0. The van der Waals surface area contributed by atoms with Crippen LogP contribution in [0.15, 0.2) is 64.2 Å². The van der Waals surface area contributed by atoms with Crippen LogP contribution in [0.25, 0.3) is 6.08 Å². The fraction of sp³-hybridized carbons (Fsp3) is 0.182. The summed E-state index contributed by atoms with van der Waals surface area (Å²) >= 11 is 1.53. The standard InChI is InChI=1S/C22H20N2O6S/c1-13-20(22(26)30-3)17(10-14-8-9-19(29-2)18(11-14)24(27)28)21(25)23(13)15-6-5-7-16(12-15)31-4/h5-12H,1-4H3/b17-10-. The summed E-state index contributed by atoms with van der Waals surface area (Å²) < 4.78 is 9.92. The lowest BCUT2D eigenvalue weighted by Gasteiger charge is -2.18. The van der Waals surface area contributed by atoms with Gasteiger partial charge in [0.25, 0.3) is 5.91 Å². The summed E-state index contributed by atoms with van der Waals surface area (Å²) in [6, 6.07) is 11.7. The van der Waals surface area contributed by atoms with Crippen molar-refractivity contribution in [3.05, 3.63) is 75.0 Å². The summed E-state index contributed by atoms with van der Waals surface area (Å²) in [5.41, 5.74) is 1.38. The van der Waals surface area contributed by atoms with Crippen LogP contribution in [0.5, 0.6) is 5.75 Å². The molecule has 1 aliphatic rings. The van der Waals surface area contributed by atoms with Crippen molar-refractivity contribution in [1.82, 2.24) is 0 Å². The first-order chi connectivity index (χ1) is 14.8. The van der Waals surface area contributed by atoms with Crippen LogP contribution in [0, 0.1) is 10.1 Å². The molecule has 0 saturated carbocycles. The molecule has 1 heterocycles. The Kier molecular flexibility index (Phi) is 6.45. The van der Waals surface area contributed by atoms with Crippen LogP contribution in [0.4, 0.5) is 11.4 Å². The van der Waals surface area contributed by atoms with Crippen molar-refractivity contribution in [2.45, 2.75) is 11.8 Å². The smallest absolute Gasteiger partial charge is 0.340 e. The molecule has 9 heteroatoms. The maximum absolute atomic E-state index is 13.3. The third-order valence-corrected chi connectivity index (χ3v) is 5.54. The molecule has 2 aromatic rings. The Bertz CT molecular complexity index is 1140. The van der Waals surface area contributed by atoms with Gasteiger partial charge in [0.1, 0.15) is 0 Å². The maximum Gasteiger partial charge on any atom is 0.340 e. The zero-order chi connectivity index (χ0) is 22.7. The summed E-state index contributed by atoms with van der Waals surface area (Å²) in [5, 5.41) is 11.3. The number of anilines is 1. The minimum atomic E-state index is -0.663. The molecule has 1 amide bonds. The Hall–Kier alpha value is -3.59. The van der Waals surface area contributed by atoms with E-state index in [9.17, 15) is 19.7 Å². The number of benzene rings is 2. The fourth-order valence-corrected chi connectivity index (χ4v) is 3.80. The minimum Gasteiger partial charge on any atom is -0.490 e. The predicted octanol–water partition coefficient (Wildman–Crippen LogP) is 4.20. The maximum atomic E-state index is 13.3. The van der Waals surface area contributed by atoms with Gasteiger partial charge in [-0.3, -0.25) is 19.8 Å². The van der Waals surface area contributed by atoms with Gasteiger partial charge in [-0.05, 0) is 49.1 Å². The van der Waals surface area contributed by atoms with E-state index in [1.807, 2.05) is 24.5 Å². The van der Waals surface area contributed by atoms with Gasteiger partial charge in [-0.2, -0.15) is 0 Å². The van der Waals surface area contributed by atoms with Crippen molar-refractivity contribution >= 4 is 41.1 Å². The van der Waals surface area contributed by atoms with Gasteiger partial charge in [0.2, 0.25) is 0 Å². The zero-order valence-electron chi connectivity index (χ0n) is 17.4. The van der Waals surface area contributed by atoms with Crippen LogP contribution in [-0.2, 0) is 14.3 Å². The van der Waals surface area contributed by atoms with Gasteiger partial charge in [0.05, 0.1) is 36.0 Å². The molecule has 3 rings (SSSR count). The van der Waals surface area contributed by atoms with Gasteiger partial charge in [-0.15, -0.1) is 11.8 Å². The number of nitro groups is 1. The Labute approximate surface area is 183 Å². The van der Waals surface area contributed by atoms with Crippen molar-refractivity contribution in [1.29, 1.82) is 0 Å². The van der Waals surface area contributed by atoms with Crippen LogP contribution in [-0.4, -0.2) is 37.3 Å². The van der Waals surface area contributed by atoms with Crippen LogP contribution >= 0.6 is 11.8 Å². The second-order valence-corrected chi connectivity index (χ2v) is 7.42. The molecule has 0 spiro atoms. The van der Waals surface area contributed by atoms with Crippen LogP contribution < -0.4 is 9.64 Å². The van der Waals surface area contributed by atoms with Gasteiger partial charge in [0.15, 0.2) is 5.75 Å². The topological polar surface area (TPSA) is 99.0 Å². The third kappa shape index (κ3) is 4.17. The number of carbonyl (C=O) groups is 2. The Morgan fingerprint density at radius 2 is 1.94 bits per heavy atom. The fourth-order valence-electron chi connectivity index (χ4n) is 3.35. The molecule has 0 fully saturated rings. The van der Waals surface area contributed by atoms with Crippen molar-refractivity contribution in [3.8, 4) is 5.75 Å². The molecule has 160 valence electrons. The highest BCUT2D eigenvalue weighted by molar-refractivity contribution is 7.98. The number of nitro benzene ring substituents is 1. The Morgan fingerprint density at radius 3 is 2.55 bits per heavy atom. The lowest BCUT2D eigenvalue weighted by Crippen LogP contribution is -2.24. The molecule has 0 N–H and O–H groups in total. The van der Waals surface area contributed by atoms with Gasteiger partial charge in [-0.25, -0.2) is 4.79 Å². The number of nitrogens with zero attached hydrogens (tertiary/aromatic N) is 2. The first-order valence-corrected chi connectivity index (χ1v) is 10.4. The van der Waals surface area contributed by atoms with E-state index in [-0.39, 0.29) is 22.6 Å². The van der Waals surface area contributed by atoms with E-state index in [4.69, 9.17) is 9.47 Å². The molecule has 0 aliphatic carbocycles. The van der Waals surface area contributed by atoms with Crippen molar-refractivity contribution < 1.29 is 24.0 Å². The quantitative estimate of drug-likeness (QED) is 0.218. The highest BCUT2D eigenvalue weighted by atomic mass is 32.2. The molecule has 0 radical (unpaired) electrons. The van der Waals surface area contributed by atoms with Gasteiger partial charge in [-0.1, -0.05) is 12.1 Å². The molecule has 8 nitrogen and oxygen atoms in total. The minimum absolute atomic E-state index is 0.0957. The van der Waals surface area contributed by atoms with E-state index in [1.54, 1.807) is 19.1 Å². The Balaban J connectivity index is 2.15. The number of rotatable bonds is 6. The number of ether oxygens (including phenoxy) is 2. The largest absolute Gasteiger partial charge is 0.490 e. The highest BCUT2D eigenvalue weighted by Crippen LogP contribution is 2.37. The number of esters is 1. The molecule has 0 bridgehead atoms. The number of hydrogen-bond acceptors (Lipinski definition) is 7. The highest BCUT2D eigenvalue weighted by Gasteiger charge is 2.38. The summed E-state index contributed by atoms with van der Waals surface area (Å²) in [5.74, 6) is -0.987. The van der Waals surface area contributed by atoms with Crippen LogP contribution in [0.1, 0.15) is 12.5 Å². The number of thioether (sulfide) groups is 1. The molecule has 0 saturated heterocycles. The zero-order valence-corrected chi connectivity index (χ0v) is 18.2. The van der Waals surface area contributed by atoms with E-state index >= 15 is 0 Å². The van der Waals surface area contributed by atoms with Gasteiger partial charge in [0, 0.05) is 16.7 Å². The normalized spacial score (nSPS) is 14.9. The predicted molar refractivity (Wildman–Crippen MR) is 118 cm³/mol. The average molecular weight is 440 g/mol. The van der Waals surface area contributed by atoms with E-state index in [0.29, 0.717) is 16.9 Å². The Morgan fingerprint density at radius 1 is 1.19 bits per heavy atom. The van der Waals surface area contributed by atoms with Gasteiger partial charge >= 0.3 is 11.7 Å². The first kappa shape index (κ1) is 22.1. The summed E-state index contributed by atoms with van der Waals surface area (Å²) in [4.78, 5) is 39.0. The van der Waals surface area contributed by atoms with Crippen molar-refractivity contribution in [3.63, 3.8) is 0 Å². The number of carbonyl (C=O) groups excluding carboxylic acids is 2. The molecule has 0 aromatic heterocycles. The van der Waals surface area contributed by atoms with E-state index in [2.05, 4.69) is 0 Å². The van der Waals surface area contributed by atoms with Crippen LogP contribution in [0.2, 0.25) is 0 Å². The molecule has 1 aliphatic heterocycles. The summed E-state index contributed by atoms with van der Waals surface area (Å²) in [6.07, 6.45) is 3.37. The lowest BCUT2D eigenvalue weighted by molar-refractivity contribution is -0.385. The molecular weight excluding hydrogens is 420 g/mol. The molecule has 0 atom stereocenters. The second-order valence-electron chi connectivity index (χ2n) is 6.54. The number of allylic oxidation sites excluding steroid dienone is 1. The summed E-state index contributed by atoms with van der Waals surface area (Å²) in [6.45, 7) is 1.66. The third-order valence-electron chi connectivity index (χ3n) is 4.81. The van der Waals surface area contributed by atoms with Crippen LogP contribution in [0.3, 0.4) is 0 Å². The SMILES string of the molecule is COC(=O)C1=C(C)N(c2cccc(SC)c2)C(=O)/C1=C\c1ccc(OC)c([N+](=O)[O-])c1. The number of hydrogen-bond donors (Lipinski definition) is 0. The summed E-state index contributed by atoms with van der Waals surface area (Å²) in [7, 11) is 2.57. The van der Waals surface area contributed by atoms with E-state index in [1.165, 1.54) is 49.1 Å². The van der Waals surface area contributed by atoms with Gasteiger partial charge < -0.3 is 9.47 Å². The number of methoxy groups -OCH3 is 2. The molecule has 0 unspecified atom stereocenters. The average Bonchev–Trinajstić information content (AvgIpc) is 3.02. The monoisotopic (exact) mass is 440 g/mol. The first-order valence-electron chi connectivity index (χ1n) is 9.14. The van der Waals surface area contributed by atoms with E-state index in [0.717, 1.165) is 4.90 Å².